The Morgan fingerprint density at radius 1 is 1.39 bits per heavy atom. The van der Waals surface area contributed by atoms with Crippen molar-refractivity contribution in [1.82, 2.24) is 24.5 Å². The van der Waals surface area contributed by atoms with Crippen LogP contribution in [0, 0.1) is 5.82 Å². The third-order valence-corrected chi connectivity index (χ3v) is 7.83. The molecule has 9 nitrogen and oxygen atoms in total. The molecule has 4 heterocycles. The first kappa shape index (κ1) is 18.5. The number of aromatic nitrogens is 4. The van der Waals surface area contributed by atoms with Crippen molar-refractivity contribution in [2.24, 2.45) is 10.7 Å². The Bertz CT molecular complexity index is 1170. The molecule has 1 unspecified atom stereocenters. The second-order valence-corrected chi connectivity index (χ2v) is 9.88. The van der Waals surface area contributed by atoms with Crippen LogP contribution >= 0.6 is 11.3 Å². The van der Waals surface area contributed by atoms with E-state index in [1.54, 1.807) is 14.0 Å². The lowest BCUT2D eigenvalue weighted by Gasteiger charge is -2.36. The molecule has 4 rings (SSSR count). The highest BCUT2D eigenvalue weighted by atomic mass is 32.2. The molecule has 28 heavy (non-hydrogen) atoms. The van der Waals surface area contributed by atoms with Crippen LogP contribution in [0.4, 0.5) is 4.39 Å². The summed E-state index contributed by atoms with van der Waals surface area (Å²) in [5, 5.41) is 7.89. The smallest absolute Gasteiger partial charge is 0.268 e. The molecule has 146 valence electrons. The third kappa shape index (κ3) is 3.03. The van der Waals surface area contributed by atoms with E-state index in [9.17, 15) is 8.60 Å². The van der Waals surface area contributed by atoms with E-state index in [-0.39, 0.29) is 28.4 Å². The quantitative estimate of drug-likeness (QED) is 0.636. The van der Waals surface area contributed by atoms with E-state index in [0.717, 1.165) is 11.3 Å². The molecule has 1 aliphatic heterocycles. The third-order valence-electron chi connectivity index (χ3n) is 4.28. The molecule has 2 N–H and O–H groups in total. The van der Waals surface area contributed by atoms with Crippen LogP contribution in [0.1, 0.15) is 11.8 Å². The van der Waals surface area contributed by atoms with Crippen molar-refractivity contribution in [3.05, 3.63) is 35.4 Å². The molecule has 3 aromatic heterocycles. The number of rotatable bonds is 3. The molecule has 0 fully saturated rings. The maximum Gasteiger partial charge on any atom is 0.268 e. The molecule has 0 aromatic carbocycles. The van der Waals surface area contributed by atoms with Crippen molar-refractivity contribution in [2.75, 3.05) is 12.8 Å². The summed E-state index contributed by atoms with van der Waals surface area (Å²) in [6.45, 7) is 1.68. The largest absolute Gasteiger partial charge is 0.414 e. The fourth-order valence-corrected chi connectivity index (χ4v) is 5.66. The van der Waals surface area contributed by atoms with Crippen molar-refractivity contribution in [1.29, 1.82) is 0 Å². The Morgan fingerprint density at radius 3 is 2.82 bits per heavy atom. The van der Waals surface area contributed by atoms with Crippen LogP contribution < -0.4 is 5.73 Å². The molecule has 0 bridgehead atoms. The van der Waals surface area contributed by atoms with Crippen LogP contribution in [0.15, 0.2) is 34.1 Å². The summed E-state index contributed by atoms with van der Waals surface area (Å²) >= 11 is 1.09. The molecule has 0 saturated heterocycles. The van der Waals surface area contributed by atoms with Gasteiger partial charge in [0.1, 0.15) is 17.1 Å². The number of nitrogens with zero attached hydrogens (tertiary/aromatic N) is 6. The topological polar surface area (TPSA) is 123 Å². The van der Waals surface area contributed by atoms with E-state index < -0.39 is 21.1 Å². The molecule has 0 spiro atoms. The minimum atomic E-state index is -2.72. The van der Waals surface area contributed by atoms with Gasteiger partial charge in [0.15, 0.2) is 0 Å². The Balaban J connectivity index is 1.73. The average molecular weight is 421 g/mol. The number of thiophene rings is 1. The lowest BCUT2D eigenvalue weighted by molar-refractivity contribution is 0.493. The first-order chi connectivity index (χ1) is 13.2. The van der Waals surface area contributed by atoms with Gasteiger partial charge < -0.3 is 10.2 Å². The lowest BCUT2D eigenvalue weighted by Crippen LogP contribution is -2.50. The summed E-state index contributed by atoms with van der Waals surface area (Å²) in [5.41, 5.74) is 5.18. The highest BCUT2D eigenvalue weighted by Gasteiger charge is 2.40. The molecule has 2 atom stereocenters. The SMILES string of the molecule is C=S1(=O)C[C@@](C)(c2sc(-c3nnc(-c4cnccn4)o3)cc2F)N=C(N)N1C. The van der Waals surface area contributed by atoms with E-state index >= 15 is 0 Å². The fraction of sp³-hybridized carbons (Fsp3) is 0.250. The molecule has 3 aromatic rings. The maximum atomic E-state index is 14.8. The summed E-state index contributed by atoms with van der Waals surface area (Å²) in [6.07, 6.45) is 4.51. The van der Waals surface area contributed by atoms with E-state index in [2.05, 4.69) is 31.0 Å². The molecular formula is C16H16FN7O2S2. The van der Waals surface area contributed by atoms with Crippen molar-refractivity contribution in [3.8, 4) is 22.4 Å². The number of nitrogens with two attached hydrogens (primary N) is 1. The Kier molecular flexibility index (Phi) is 4.19. The standard InChI is InChI=1S/C16H16FN7O2S2/c1-16(8-28(3,25)24(2)15(18)21-16)12-9(17)6-11(27-12)14-23-22-13(26-14)10-7-19-4-5-20-10/h4-7H,3,8H2,1-2H3,(H2,18,21)/t16-,28?/m0/s1. The second-order valence-electron chi connectivity index (χ2n) is 6.45. The molecule has 0 radical (unpaired) electrons. The first-order valence-electron chi connectivity index (χ1n) is 8.04. The average Bonchev–Trinajstić information content (AvgIpc) is 3.27. The van der Waals surface area contributed by atoms with Crippen LogP contribution in [-0.2, 0) is 15.2 Å². The highest BCUT2D eigenvalue weighted by molar-refractivity contribution is 7.98. The number of aliphatic imine (C=N–C) groups is 1. The van der Waals surface area contributed by atoms with Gasteiger partial charge in [0, 0.05) is 19.4 Å². The predicted molar refractivity (Wildman–Crippen MR) is 105 cm³/mol. The summed E-state index contributed by atoms with van der Waals surface area (Å²) in [4.78, 5) is 13.1. The van der Waals surface area contributed by atoms with Gasteiger partial charge in [-0.2, -0.15) is 0 Å². The summed E-state index contributed by atoms with van der Waals surface area (Å²) in [6, 6.07) is 1.29. The van der Waals surface area contributed by atoms with Gasteiger partial charge in [0.05, 0.1) is 31.4 Å². The molecule has 0 saturated carbocycles. The van der Waals surface area contributed by atoms with Gasteiger partial charge in [-0.15, -0.1) is 21.5 Å². The predicted octanol–water partition coefficient (Wildman–Crippen LogP) is 1.50. The molecule has 12 heteroatoms. The minimum absolute atomic E-state index is 0.0305. The Morgan fingerprint density at radius 2 is 2.14 bits per heavy atom. The van der Waals surface area contributed by atoms with Gasteiger partial charge in [-0.25, -0.2) is 18.6 Å². The minimum Gasteiger partial charge on any atom is -0.414 e. The number of hydrogen-bond donors (Lipinski definition) is 1. The van der Waals surface area contributed by atoms with Crippen molar-refractivity contribution in [3.63, 3.8) is 0 Å². The summed E-state index contributed by atoms with van der Waals surface area (Å²) < 4.78 is 34.5. The van der Waals surface area contributed by atoms with Crippen LogP contribution in [0.2, 0.25) is 0 Å². The maximum absolute atomic E-state index is 14.8. The van der Waals surface area contributed by atoms with Crippen LogP contribution in [0.25, 0.3) is 22.4 Å². The van der Waals surface area contributed by atoms with Gasteiger partial charge in [0.2, 0.25) is 5.96 Å². The van der Waals surface area contributed by atoms with Crippen LogP contribution in [-0.4, -0.2) is 53.3 Å². The summed E-state index contributed by atoms with van der Waals surface area (Å²) in [7, 11) is -1.17. The van der Waals surface area contributed by atoms with Crippen molar-refractivity contribution < 1.29 is 13.0 Å². The van der Waals surface area contributed by atoms with Gasteiger partial charge in [-0.3, -0.25) is 9.29 Å². The summed E-state index contributed by atoms with van der Waals surface area (Å²) in [5.74, 6) is 3.61. The monoisotopic (exact) mass is 421 g/mol. The van der Waals surface area contributed by atoms with E-state index in [4.69, 9.17) is 10.2 Å². The molecule has 1 aliphatic rings. The second kappa shape index (κ2) is 6.34. The van der Waals surface area contributed by atoms with E-state index in [1.165, 1.54) is 29.0 Å². The molecule has 0 amide bonds. The zero-order valence-electron chi connectivity index (χ0n) is 15.0. The zero-order chi connectivity index (χ0) is 20.1. The van der Waals surface area contributed by atoms with E-state index in [1.807, 2.05) is 0 Å². The van der Waals surface area contributed by atoms with Gasteiger partial charge in [-0.05, 0) is 18.9 Å². The van der Waals surface area contributed by atoms with Gasteiger partial charge >= 0.3 is 0 Å². The van der Waals surface area contributed by atoms with Gasteiger partial charge in [0.25, 0.3) is 11.8 Å². The number of hydrogen-bond acceptors (Lipinski definition) is 9. The van der Waals surface area contributed by atoms with Crippen molar-refractivity contribution in [2.45, 2.75) is 12.5 Å². The Hall–Kier alpha value is -2.86. The van der Waals surface area contributed by atoms with Gasteiger partial charge in [-0.1, -0.05) is 0 Å². The Labute approximate surface area is 164 Å². The van der Waals surface area contributed by atoms with E-state index in [0.29, 0.717) is 10.6 Å². The van der Waals surface area contributed by atoms with Crippen molar-refractivity contribution >= 4 is 32.9 Å². The lowest BCUT2D eigenvalue weighted by atomic mass is 10.0. The number of guanidine groups is 1. The molecular weight excluding hydrogens is 405 g/mol. The highest BCUT2D eigenvalue weighted by Crippen LogP contribution is 2.41. The number of halogens is 1. The fourth-order valence-electron chi connectivity index (χ4n) is 2.86. The van der Waals surface area contributed by atoms with Crippen LogP contribution in [0.3, 0.4) is 0 Å². The zero-order valence-corrected chi connectivity index (χ0v) is 16.6. The van der Waals surface area contributed by atoms with Crippen LogP contribution in [0.5, 0.6) is 0 Å². The molecule has 0 aliphatic carbocycles. The normalized spacial score (nSPS) is 25.0. The first-order valence-corrected chi connectivity index (χ1v) is 10.7.